The Morgan fingerprint density at radius 1 is 0.792 bits per heavy atom. The largest absolute Gasteiger partial charge is 0.383 e. The molecule has 0 N–H and O–H groups in total. The molecule has 0 radical (unpaired) electrons. The third-order valence-corrected chi connectivity index (χ3v) is 3.32. The summed E-state index contributed by atoms with van der Waals surface area (Å²) in [5.41, 5.74) is 3.86. The third-order valence-electron chi connectivity index (χ3n) is 3.32. The average molecular weight is 323 g/mol. The van der Waals surface area contributed by atoms with Crippen molar-refractivity contribution in [3.05, 3.63) is 83.1 Å². The van der Waals surface area contributed by atoms with Crippen LogP contribution in [0.4, 0.5) is 0 Å². The molecular formula is C21H25NO2. The van der Waals surface area contributed by atoms with Gasteiger partial charge >= 0.3 is 0 Å². The van der Waals surface area contributed by atoms with Crippen molar-refractivity contribution in [1.29, 1.82) is 0 Å². The summed E-state index contributed by atoms with van der Waals surface area (Å²) in [4.78, 5) is 24.1. The molecule has 0 bridgehead atoms. The average Bonchev–Trinajstić information content (AvgIpc) is 2.54. The van der Waals surface area contributed by atoms with Crippen LogP contribution >= 0.6 is 0 Å². The van der Waals surface area contributed by atoms with Gasteiger partial charge in [-0.25, -0.2) is 0 Å². The minimum absolute atomic E-state index is 0.0405. The van der Waals surface area contributed by atoms with Crippen LogP contribution in [0.25, 0.3) is 0 Å². The lowest BCUT2D eigenvalue weighted by Crippen LogP contribution is -2.03. The van der Waals surface area contributed by atoms with E-state index in [4.69, 9.17) is 0 Å². The van der Waals surface area contributed by atoms with Crippen LogP contribution in [0.1, 0.15) is 38.8 Å². The van der Waals surface area contributed by atoms with E-state index in [-0.39, 0.29) is 11.6 Å². The second-order valence-electron chi connectivity index (χ2n) is 5.93. The number of ketones is 2. The first-order chi connectivity index (χ1) is 11.3. The van der Waals surface area contributed by atoms with E-state index >= 15 is 0 Å². The summed E-state index contributed by atoms with van der Waals surface area (Å²) in [6.45, 7) is 5.58. The van der Waals surface area contributed by atoms with Crippen molar-refractivity contribution in [1.82, 2.24) is 4.90 Å². The van der Waals surface area contributed by atoms with Crippen LogP contribution in [0, 0.1) is 13.8 Å². The van der Waals surface area contributed by atoms with Gasteiger partial charge < -0.3 is 4.90 Å². The Hall–Kier alpha value is -2.68. The van der Waals surface area contributed by atoms with Crippen LogP contribution in [0.2, 0.25) is 0 Å². The van der Waals surface area contributed by atoms with E-state index in [1.54, 1.807) is 19.2 Å². The van der Waals surface area contributed by atoms with Crippen molar-refractivity contribution < 1.29 is 9.59 Å². The van der Waals surface area contributed by atoms with Gasteiger partial charge in [0.1, 0.15) is 0 Å². The topological polar surface area (TPSA) is 37.4 Å². The molecule has 2 rings (SSSR count). The fourth-order valence-electron chi connectivity index (χ4n) is 1.82. The number of carbonyl (C=O) groups excluding carboxylic acids is 2. The van der Waals surface area contributed by atoms with Gasteiger partial charge in [-0.1, -0.05) is 59.7 Å². The first-order valence-corrected chi connectivity index (χ1v) is 7.83. The minimum Gasteiger partial charge on any atom is -0.383 e. The standard InChI is InChI=1S/C12H15NO.C9H10O/c1-10-4-6-11(7-5-10)12(14)8-9-13(2)3;1-7-3-5-9(6-4-7)8(2)10/h4-9H,1-3H3;3-6H,1-2H3. The maximum atomic E-state index is 11.5. The second-order valence-corrected chi connectivity index (χ2v) is 5.93. The summed E-state index contributed by atoms with van der Waals surface area (Å²) in [6, 6.07) is 15.1. The highest BCUT2D eigenvalue weighted by Crippen LogP contribution is 2.05. The van der Waals surface area contributed by atoms with Crippen molar-refractivity contribution in [3.63, 3.8) is 0 Å². The summed E-state index contributed by atoms with van der Waals surface area (Å²) in [6.07, 6.45) is 3.33. The van der Waals surface area contributed by atoms with Crippen LogP contribution in [-0.2, 0) is 0 Å². The van der Waals surface area contributed by atoms with Gasteiger partial charge in [0.05, 0.1) is 0 Å². The maximum absolute atomic E-state index is 11.5. The Morgan fingerprint density at radius 2 is 1.21 bits per heavy atom. The fraction of sp³-hybridized carbons (Fsp3) is 0.238. The summed E-state index contributed by atoms with van der Waals surface area (Å²) in [7, 11) is 3.78. The SMILES string of the molecule is CC(=O)c1ccc(C)cc1.Cc1ccc(C(=O)C=CN(C)C)cc1. The zero-order valence-corrected chi connectivity index (χ0v) is 15.0. The molecule has 0 aliphatic carbocycles. The van der Waals surface area contributed by atoms with E-state index in [0.717, 1.165) is 16.7 Å². The minimum atomic E-state index is 0.0405. The van der Waals surface area contributed by atoms with E-state index in [1.165, 1.54) is 5.56 Å². The number of allylic oxidation sites excluding steroid dienone is 1. The van der Waals surface area contributed by atoms with Crippen molar-refractivity contribution in [2.75, 3.05) is 14.1 Å². The molecule has 0 fully saturated rings. The number of benzene rings is 2. The van der Waals surface area contributed by atoms with Crippen molar-refractivity contribution in [3.8, 4) is 0 Å². The molecule has 24 heavy (non-hydrogen) atoms. The van der Waals surface area contributed by atoms with Crippen LogP contribution in [-0.4, -0.2) is 30.6 Å². The number of carbonyl (C=O) groups is 2. The van der Waals surface area contributed by atoms with Gasteiger partial charge in [0.25, 0.3) is 0 Å². The predicted octanol–water partition coefficient (Wildman–Crippen LogP) is 4.45. The Kier molecular flexibility index (Phi) is 7.63. The Morgan fingerprint density at radius 3 is 1.58 bits per heavy atom. The molecule has 0 heterocycles. The monoisotopic (exact) mass is 323 g/mol. The van der Waals surface area contributed by atoms with Crippen LogP contribution < -0.4 is 0 Å². The highest BCUT2D eigenvalue weighted by molar-refractivity contribution is 6.04. The van der Waals surface area contributed by atoms with E-state index in [0.29, 0.717) is 0 Å². The summed E-state index contributed by atoms with van der Waals surface area (Å²) in [5, 5.41) is 0. The molecule has 3 heteroatoms. The molecule has 0 aromatic heterocycles. The lowest BCUT2D eigenvalue weighted by atomic mass is 10.1. The zero-order chi connectivity index (χ0) is 18.1. The molecule has 0 atom stereocenters. The number of hydrogen-bond acceptors (Lipinski definition) is 3. The highest BCUT2D eigenvalue weighted by atomic mass is 16.1. The first-order valence-electron chi connectivity index (χ1n) is 7.83. The van der Waals surface area contributed by atoms with Crippen molar-refractivity contribution in [2.24, 2.45) is 0 Å². The molecule has 0 aliphatic rings. The molecule has 0 saturated carbocycles. The number of hydrogen-bond donors (Lipinski definition) is 0. The van der Waals surface area contributed by atoms with E-state index in [9.17, 15) is 9.59 Å². The summed E-state index contributed by atoms with van der Waals surface area (Å²) < 4.78 is 0. The normalized spacial score (nSPS) is 10.0. The number of Topliss-reactive ketones (excluding diaryl/α,β-unsaturated/α-hetero) is 1. The van der Waals surface area contributed by atoms with Crippen molar-refractivity contribution in [2.45, 2.75) is 20.8 Å². The quantitative estimate of drug-likeness (QED) is 0.616. The molecule has 0 spiro atoms. The van der Waals surface area contributed by atoms with Gasteiger partial charge in [0.15, 0.2) is 11.6 Å². The van der Waals surface area contributed by atoms with Crippen LogP contribution in [0.15, 0.2) is 60.8 Å². The lowest BCUT2D eigenvalue weighted by Gasteiger charge is -2.02. The Bertz CT molecular complexity index is 696. The molecule has 0 aliphatic heterocycles. The molecule has 0 unspecified atom stereocenters. The van der Waals surface area contributed by atoms with Gasteiger partial charge in [-0.05, 0) is 20.8 Å². The molecule has 3 nitrogen and oxygen atoms in total. The Labute approximate surface area is 144 Å². The van der Waals surface area contributed by atoms with Gasteiger partial charge in [0, 0.05) is 37.5 Å². The van der Waals surface area contributed by atoms with Gasteiger partial charge in [-0.15, -0.1) is 0 Å². The van der Waals surface area contributed by atoms with Crippen molar-refractivity contribution >= 4 is 11.6 Å². The molecule has 126 valence electrons. The van der Waals surface area contributed by atoms with Crippen LogP contribution in [0.5, 0.6) is 0 Å². The van der Waals surface area contributed by atoms with Gasteiger partial charge in [-0.3, -0.25) is 9.59 Å². The van der Waals surface area contributed by atoms with E-state index in [2.05, 4.69) is 0 Å². The molecular weight excluding hydrogens is 298 g/mol. The Balaban J connectivity index is 0.000000254. The molecule has 0 amide bonds. The molecule has 0 saturated heterocycles. The van der Waals surface area contributed by atoms with E-state index < -0.39 is 0 Å². The number of rotatable bonds is 4. The maximum Gasteiger partial charge on any atom is 0.187 e. The van der Waals surface area contributed by atoms with Gasteiger partial charge in [-0.2, -0.15) is 0 Å². The van der Waals surface area contributed by atoms with Crippen LogP contribution in [0.3, 0.4) is 0 Å². The van der Waals surface area contributed by atoms with Gasteiger partial charge in [0.2, 0.25) is 0 Å². The predicted molar refractivity (Wildman–Crippen MR) is 99.5 cm³/mol. The lowest BCUT2D eigenvalue weighted by molar-refractivity contribution is 0.101. The summed E-state index contributed by atoms with van der Waals surface area (Å²) in [5.74, 6) is 0.165. The fourth-order valence-corrected chi connectivity index (χ4v) is 1.82. The second kappa shape index (κ2) is 9.46. The summed E-state index contributed by atoms with van der Waals surface area (Å²) >= 11 is 0. The molecule has 2 aromatic carbocycles. The smallest absolute Gasteiger partial charge is 0.187 e. The molecule has 2 aromatic rings. The van der Waals surface area contributed by atoms with E-state index in [1.807, 2.05) is 81.4 Å². The first kappa shape index (κ1) is 19.4. The zero-order valence-electron chi connectivity index (χ0n) is 15.0. The third kappa shape index (κ3) is 7.05. The number of nitrogens with zero attached hydrogens (tertiary/aromatic N) is 1. The number of aryl methyl sites for hydroxylation is 2. The highest BCUT2D eigenvalue weighted by Gasteiger charge is 1.99.